The molecule has 0 atom stereocenters. The van der Waals surface area contributed by atoms with Gasteiger partial charge in [-0.15, -0.1) is 11.3 Å². The zero-order chi connectivity index (χ0) is 20.9. The number of carbonyl (C=O) groups excluding carboxylic acids is 2. The molecule has 154 valence electrons. The standard InChI is InChI=1S/C23H24N4O2S/c1-16-7-9-20(30-16)19-15-21(26-25-19)24-23(29)18-11-13-27(14-12-18)22(28)10-8-17-5-3-2-4-6-17/h2-10,15,18H,11-14H2,1H3,(H2,24,25,26,29)/b10-8+. The minimum atomic E-state index is -0.115. The number of likely N-dealkylation sites (tertiary alicyclic amines) is 1. The number of aromatic nitrogens is 2. The number of hydrogen-bond donors (Lipinski definition) is 2. The summed E-state index contributed by atoms with van der Waals surface area (Å²) in [5.41, 5.74) is 1.89. The van der Waals surface area contributed by atoms with Gasteiger partial charge in [-0.05, 0) is 43.5 Å². The topological polar surface area (TPSA) is 78.1 Å². The Morgan fingerprint density at radius 1 is 1.17 bits per heavy atom. The molecule has 30 heavy (non-hydrogen) atoms. The molecule has 1 aliphatic heterocycles. The molecule has 0 saturated carbocycles. The molecule has 3 heterocycles. The maximum atomic E-state index is 12.6. The molecule has 1 aromatic carbocycles. The number of piperidine rings is 1. The van der Waals surface area contributed by atoms with Crippen molar-refractivity contribution >= 4 is 35.0 Å². The molecule has 2 N–H and O–H groups in total. The van der Waals surface area contributed by atoms with Gasteiger partial charge in [0, 0.05) is 36.0 Å². The predicted molar refractivity (Wildman–Crippen MR) is 120 cm³/mol. The highest BCUT2D eigenvalue weighted by Crippen LogP contribution is 2.28. The zero-order valence-corrected chi connectivity index (χ0v) is 17.6. The van der Waals surface area contributed by atoms with Crippen LogP contribution in [0.3, 0.4) is 0 Å². The lowest BCUT2D eigenvalue weighted by Gasteiger charge is -2.30. The Morgan fingerprint density at radius 3 is 2.63 bits per heavy atom. The van der Waals surface area contributed by atoms with Crippen LogP contribution in [-0.4, -0.2) is 40.0 Å². The second kappa shape index (κ2) is 9.09. The first-order chi connectivity index (χ1) is 14.6. The van der Waals surface area contributed by atoms with E-state index >= 15 is 0 Å². The Balaban J connectivity index is 1.28. The maximum Gasteiger partial charge on any atom is 0.246 e. The number of nitrogens with one attached hydrogen (secondary N) is 2. The highest BCUT2D eigenvalue weighted by molar-refractivity contribution is 7.15. The molecule has 2 aromatic heterocycles. The highest BCUT2D eigenvalue weighted by Gasteiger charge is 2.27. The smallest absolute Gasteiger partial charge is 0.246 e. The van der Waals surface area contributed by atoms with Crippen molar-refractivity contribution in [2.75, 3.05) is 18.4 Å². The third-order valence-electron chi connectivity index (χ3n) is 5.23. The molecule has 0 spiro atoms. The van der Waals surface area contributed by atoms with Gasteiger partial charge in [0.25, 0.3) is 0 Å². The van der Waals surface area contributed by atoms with Crippen LogP contribution in [0.1, 0.15) is 23.3 Å². The summed E-state index contributed by atoms with van der Waals surface area (Å²) in [6.45, 7) is 3.22. The van der Waals surface area contributed by atoms with Crippen LogP contribution in [0, 0.1) is 12.8 Å². The number of aromatic amines is 1. The summed E-state index contributed by atoms with van der Waals surface area (Å²) in [6.07, 6.45) is 4.73. The van der Waals surface area contributed by atoms with Crippen LogP contribution in [0.15, 0.2) is 54.6 Å². The number of thiophene rings is 1. The first kappa shape index (κ1) is 20.1. The van der Waals surface area contributed by atoms with Gasteiger partial charge in [-0.2, -0.15) is 5.10 Å². The van der Waals surface area contributed by atoms with Crippen molar-refractivity contribution < 1.29 is 9.59 Å². The van der Waals surface area contributed by atoms with Crippen LogP contribution in [0.4, 0.5) is 5.82 Å². The molecular formula is C23H24N4O2S. The summed E-state index contributed by atoms with van der Waals surface area (Å²) >= 11 is 1.68. The Bertz CT molecular complexity index is 1050. The SMILES string of the molecule is Cc1ccc(-c2cc(NC(=O)C3CCN(C(=O)/C=C/c4ccccc4)CC3)n[nH]2)s1. The Labute approximate surface area is 179 Å². The minimum Gasteiger partial charge on any atom is -0.339 e. The molecule has 1 aliphatic rings. The number of amides is 2. The molecular weight excluding hydrogens is 396 g/mol. The van der Waals surface area contributed by atoms with E-state index in [-0.39, 0.29) is 17.7 Å². The van der Waals surface area contributed by atoms with Crippen LogP contribution >= 0.6 is 11.3 Å². The van der Waals surface area contributed by atoms with E-state index in [0.29, 0.717) is 31.7 Å². The molecule has 0 unspecified atom stereocenters. The van der Waals surface area contributed by atoms with E-state index in [1.807, 2.05) is 48.5 Å². The lowest BCUT2D eigenvalue weighted by atomic mass is 9.96. The summed E-state index contributed by atoms with van der Waals surface area (Å²) in [5, 5.41) is 10.1. The molecule has 0 aliphatic carbocycles. The number of rotatable bonds is 5. The third kappa shape index (κ3) is 4.86. The number of H-pyrrole nitrogens is 1. The molecule has 1 fully saturated rings. The number of nitrogens with zero attached hydrogens (tertiary/aromatic N) is 2. The summed E-state index contributed by atoms with van der Waals surface area (Å²) in [5.74, 6) is 0.366. The fraction of sp³-hybridized carbons (Fsp3) is 0.261. The van der Waals surface area contributed by atoms with Gasteiger partial charge >= 0.3 is 0 Å². The molecule has 7 heteroatoms. The number of benzene rings is 1. The van der Waals surface area contributed by atoms with E-state index in [4.69, 9.17) is 0 Å². The summed E-state index contributed by atoms with van der Waals surface area (Å²) in [6, 6.07) is 15.7. The normalized spacial score (nSPS) is 14.9. The van der Waals surface area contributed by atoms with Crippen molar-refractivity contribution in [3.63, 3.8) is 0 Å². The van der Waals surface area contributed by atoms with E-state index in [9.17, 15) is 9.59 Å². The van der Waals surface area contributed by atoms with Crippen LogP contribution in [-0.2, 0) is 9.59 Å². The van der Waals surface area contributed by atoms with Crippen LogP contribution in [0.25, 0.3) is 16.6 Å². The average Bonchev–Trinajstić information content (AvgIpc) is 3.41. The monoisotopic (exact) mass is 420 g/mol. The first-order valence-electron chi connectivity index (χ1n) is 10.0. The highest BCUT2D eigenvalue weighted by atomic mass is 32.1. The fourth-order valence-electron chi connectivity index (χ4n) is 3.52. The van der Waals surface area contributed by atoms with Crippen LogP contribution in [0.5, 0.6) is 0 Å². The Hall–Kier alpha value is -3.19. The largest absolute Gasteiger partial charge is 0.339 e. The second-order valence-electron chi connectivity index (χ2n) is 7.41. The van der Waals surface area contributed by atoms with Crippen molar-refractivity contribution in [1.29, 1.82) is 0 Å². The lowest BCUT2D eigenvalue weighted by Crippen LogP contribution is -2.40. The summed E-state index contributed by atoms with van der Waals surface area (Å²) in [4.78, 5) is 29.1. The van der Waals surface area contributed by atoms with Gasteiger partial charge in [-0.3, -0.25) is 14.7 Å². The molecule has 2 amide bonds. The van der Waals surface area contributed by atoms with Crippen LogP contribution < -0.4 is 5.32 Å². The summed E-state index contributed by atoms with van der Waals surface area (Å²) in [7, 11) is 0. The zero-order valence-electron chi connectivity index (χ0n) is 16.8. The van der Waals surface area contributed by atoms with Gasteiger partial charge in [0.15, 0.2) is 5.82 Å². The van der Waals surface area contributed by atoms with E-state index in [1.54, 1.807) is 22.3 Å². The molecule has 6 nitrogen and oxygen atoms in total. The molecule has 1 saturated heterocycles. The van der Waals surface area contributed by atoms with Crippen molar-refractivity contribution in [1.82, 2.24) is 15.1 Å². The molecule has 4 rings (SSSR count). The van der Waals surface area contributed by atoms with E-state index < -0.39 is 0 Å². The van der Waals surface area contributed by atoms with Gasteiger partial charge < -0.3 is 10.2 Å². The lowest BCUT2D eigenvalue weighted by molar-refractivity contribution is -0.130. The first-order valence-corrected chi connectivity index (χ1v) is 10.9. The van der Waals surface area contributed by atoms with Gasteiger partial charge in [0.1, 0.15) is 0 Å². The second-order valence-corrected chi connectivity index (χ2v) is 8.70. The van der Waals surface area contributed by atoms with Gasteiger partial charge in [-0.1, -0.05) is 30.3 Å². The Morgan fingerprint density at radius 2 is 1.93 bits per heavy atom. The molecule has 0 radical (unpaired) electrons. The number of hydrogen-bond acceptors (Lipinski definition) is 4. The quantitative estimate of drug-likeness (QED) is 0.603. The van der Waals surface area contributed by atoms with E-state index in [2.05, 4.69) is 28.5 Å². The number of aryl methyl sites for hydroxylation is 1. The van der Waals surface area contributed by atoms with Crippen molar-refractivity contribution in [2.45, 2.75) is 19.8 Å². The van der Waals surface area contributed by atoms with E-state index in [0.717, 1.165) is 16.1 Å². The minimum absolute atomic E-state index is 0.0131. The van der Waals surface area contributed by atoms with Crippen molar-refractivity contribution in [3.8, 4) is 10.6 Å². The number of carbonyl (C=O) groups is 2. The van der Waals surface area contributed by atoms with Gasteiger partial charge in [-0.25, -0.2) is 0 Å². The van der Waals surface area contributed by atoms with Crippen molar-refractivity contribution in [2.24, 2.45) is 5.92 Å². The number of anilines is 1. The summed E-state index contributed by atoms with van der Waals surface area (Å²) < 4.78 is 0. The Kier molecular flexibility index (Phi) is 6.09. The fourth-order valence-corrected chi connectivity index (χ4v) is 4.35. The van der Waals surface area contributed by atoms with Gasteiger partial charge in [0.05, 0.1) is 10.6 Å². The van der Waals surface area contributed by atoms with E-state index in [1.165, 1.54) is 4.88 Å². The third-order valence-corrected chi connectivity index (χ3v) is 6.26. The van der Waals surface area contributed by atoms with Gasteiger partial charge in [0.2, 0.25) is 11.8 Å². The average molecular weight is 421 g/mol. The van der Waals surface area contributed by atoms with Crippen LogP contribution in [0.2, 0.25) is 0 Å². The predicted octanol–water partition coefficient (Wildman–Crippen LogP) is 4.34. The maximum absolute atomic E-state index is 12.6. The molecule has 0 bridgehead atoms. The molecule has 3 aromatic rings. The van der Waals surface area contributed by atoms with Crippen molar-refractivity contribution in [3.05, 3.63) is 65.0 Å².